The standard InChI is InChI=1S/C18H19ClN4O7S3/c1-5-29-13-8-10(7-12(19)14(13)30-32(4,25)26)6-11-15(20)23-17(21-16(11)24)31-22-18(23)33(27,28)9(2)3/h6-9,20H,5H2,1-4H3/b11-6-,20-15?. The Morgan fingerprint density at radius 3 is 2.52 bits per heavy atom. The van der Waals surface area contributed by atoms with E-state index in [1.165, 1.54) is 32.1 Å². The van der Waals surface area contributed by atoms with Crippen molar-refractivity contribution in [2.75, 3.05) is 12.9 Å². The first-order valence-corrected chi connectivity index (χ1v) is 13.9. The summed E-state index contributed by atoms with van der Waals surface area (Å²) < 4.78 is 62.7. The van der Waals surface area contributed by atoms with Crippen LogP contribution in [0.5, 0.6) is 11.5 Å². The average Bonchev–Trinajstić information content (AvgIpc) is 3.11. The Kier molecular flexibility index (Phi) is 6.94. The summed E-state index contributed by atoms with van der Waals surface area (Å²) in [7, 11) is -7.76. The van der Waals surface area contributed by atoms with Gasteiger partial charge in [-0.15, -0.1) is 0 Å². The first-order valence-electron chi connectivity index (χ1n) is 9.34. The molecule has 0 aliphatic carbocycles. The number of aliphatic imine (C=N–C) groups is 1. The summed E-state index contributed by atoms with van der Waals surface area (Å²) >= 11 is 6.89. The zero-order valence-corrected chi connectivity index (χ0v) is 21.0. The van der Waals surface area contributed by atoms with Gasteiger partial charge in [-0.2, -0.15) is 17.8 Å². The fraction of sp³-hybridized carbons (Fsp3) is 0.333. The highest BCUT2D eigenvalue weighted by Gasteiger charge is 2.43. The molecule has 33 heavy (non-hydrogen) atoms. The molecule has 2 aliphatic heterocycles. The first kappa shape index (κ1) is 25.2. The number of nitrogens with zero attached hydrogens (tertiary/aromatic N) is 3. The number of nitrogens with one attached hydrogen (secondary N) is 1. The predicted molar refractivity (Wildman–Crippen MR) is 127 cm³/mol. The molecule has 1 aromatic carbocycles. The number of amidine groups is 3. The maximum absolute atomic E-state index is 12.7. The first-order chi connectivity index (χ1) is 15.3. The van der Waals surface area contributed by atoms with Crippen LogP contribution in [0, 0.1) is 5.41 Å². The molecular weight excluding hydrogens is 516 g/mol. The van der Waals surface area contributed by atoms with Crippen molar-refractivity contribution >= 4 is 71.7 Å². The molecule has 1 N–H and O–H groups in total. The number of carbonyl (C=O) groups is 1. The van der Waals surface area contributed by atoms with Crippen molar-refractivity contribution < 1.29 is 30.6 Å². The summed E-state index contributed by atoms with van der Waals surface area (Å²) in [4.78, 5) is 17.4. The highest BCUT2D eigenvalue weighted by atomic mass is 35.5. The van der Waals surface area contributed by atoms with Crippen LogP contribution < -0.4 is 8.92 Å². The van der Waals surface area contributed by atoms with E-state index >= 15 is 0 Å². The summed E-state index contributed by atoms with van der Waals surface area (Å²) in [5, 5.41) is 7.15. The van der Waals surface area contributed by atoms with Gasteiger partial charge in [-0.1, -0.05) is 11.6 Å². The largest absolute Gasteiger partial charge is 0.490 e. The second-order valence-electron chi connectivity index (χ2n) is 7.05. The van der Waals surface area contributed by atoms with Crippen LogP contribution in [0.15, 0.2) is 27.1 Å². The molecule has 0 atom stereocenters. The van der Waals surface area contributed by atoms with Gasteiger partial charge in [0, 0.05) is 0 Å². The van der Waals surface area contributed by atoms with Crippen molar-refractivity contribution in [3.05, 3.63) is 28.3 Å². The molecule has 0 unspecified atom stereocenters. The number of fused-ring (bicyclic) bond motifs is 1. The number of ether oxygens (including phenoxy) is 1. The molecule has 0 saturated carbocycles. The van der Waals surface area contributed by atoms with Gasteiger partial charge < -0.3 is 8.92 Å². The van der Waals surface area contributed by atoms with Crippen molar-refractivity contribution in [2.24, 2.45) is 9.39 Å². The molecule has 0 bridgehead atoms. The summed E-state index contributed by atoms with van der Waals surface area (Å²) in [6.45, 7) is 4.78. The van der Waals surface area contributed by atoms with E-state index in [4.69, 9.17) is 25.9 Å². The van der Waals surface area contributed by atoms with Crippen LogP contribution in [0.4, 0.5) is 0 Å². The normalized spacial score (nSPS) is 17.9. The second kappa shape index (κ2) is 9.08. The lowest BCUT2D eigenvalue weighted by atomic mass is 10.1. The number of halogens is 1. The summed E-state index contributed by atoms with van der Waals surface area (Å²) in [5.41, 5.74) is 0.0521. The van der Waals surface area contributed by atoms with Gasteiger partial charge in [0.1, 0.15) is 5.84 Å². The Morgan fingerprint density at radius 1 is 1.27 bits per heavy atom. The third-order valence-electron chi connectivity index (χ3n) is 4.25. The molecule has 0 fully saturated rings. The van der Waals surface area contributed by atoms with Crippen LogP contribution in [0.2, 0.25) is 5.02 Å². The molecule has 3 rings (SSSR count). The van der Waals surface area contributed by atoms with E-state index in [0.717, 1.165) is 11.2 Å². The molecule has 0 spiro atoms. The average molecular weight is 535 g/mol. The maximum atomic E-state index is 12.7. The maximum Gasteiger partial charge on any atom is 0.306 e. The fourth-order valence-electron chi connectivity index (χ4n) is 2.73. The van der Waals surface area contributed by atoms with Gasteiger partial charge in [-0.05, 0) is 44.5 Å². The van der Waals surface area contributed by atoms with Gasteiger partial charge in [-0.25, -0.2) is 13.3 Å². The molecular formula is C18H19ClN4O7S3. The number of hydrogen-bond donors (Lipinski definition) is 1. The zero-order valence-electron chi connectivity index (χ0n) is 17.8. The predicted octanol–water partition coefficient (Wildman–Crippen LogP) is 2.48. The minimum Gasteiger partial charge on any atom is -0.490 e. The summed E-state index contributed by atoms with van der Waals surface area (Å²) in [6.07, 6.45) is 2.12. The van der Waals surface area contributed by atoms with Crippen LogP contribution >= 0.6 is 23.5 Å². The van der Waals surface area contributed by atoms with Crippen LogP contribution in [0.3, 0.4) is 0 Å². The zero-order chi connectivity index (χ0) is 24.7. The fourth-order valence-corrected chi connectivity index (χ4v) is 5.57. The molecule has 0 aromatic heterocycles. The Morgan fingerprint density at radius 2 is 1.94 bits per heavy atom. The van der Waals surface area contributed by atoms with Gasteiger partial charge in [0.2, 0.25) is 25.9 Å². The van der Waals surface area contributed by atoms with Gasteiger partial charge in [0.25, 0.3) is 5.91 Å². The molecule has 2 heterocycles. The second-order valence-corrected chi connectivity index (χ2v) is 12.2. The summed E-state index contributed by atoms with van der Waals surface area (Å²) in [6, 6.07) is 2.69. The minimum atomic E-state index is -3.90. The topological polar surface area (TPSA) is 156 Å². The van der Waals surface area contributed by atoms with E-state index in [-0.39, 0.29) is 44.6 Å². The molecule has 1 aromatic rings. The van der Waals surface area contributed by atoms with Crippen molar-refractivity contribution in [2.45, 2.75) is 26.0 Å². The highest BCUT2D eigenvalue weighted by Crippen LogP contribution is 2.39. The van der Waals surface area contributed by atoms with Gasteiger partial charge in [0.15, 0.2) is 5.75 Å². The number of hydrogen-bond acceptors (Lipinski definition) is 10. The Bertz CT molecular complexity index is 1350. The quantitative estimate of drug-likeness (QED) is 0.329. The number of amides is 1. The van der Waals surface area contributed by atoms with Gasteiger partial charge >= 0.3 is 10.1 Å². The van der Waals surface area contributed by atoms with Crippen LogP contribution in [0.25, 0.3) is 6.08 Å². The number of benzene rings is 1. The van der Waals surface area contributed by atoms with Gasteiger partial charge in [0.05, 0.1) is 40.7 Å². The SMILES string of the molecule is CCOc1cc(/C=C2/C(=N)N3C(=NC2=O)SN=C3S(=O)(=O)C(C)C)cc(Cl)c1OS(C)(=O)=O. The lowest BCUT2D eigenvalue weighted by Crippen LogP contribution is -2.46. The Labute approximate surface area is 200 Å². The molecule has 11 nitrogen and oxygen atoms in total. The number of carbonyl (C=O) groups excluding carboxylic acids is 1. The highest BCUT2D eigenvalue weighted by molar-refractivity contribution is 8.16. The number of rotatable bonds is 6. The smallest absolute Gasteiger partial charge is 0.306 e. The minimum absolute atomic E-state index is 0.00243. The van der Waals surface area contributed by atoms with Crippen molar-refractivity contribution in [1.29, 1.82) is 5.41 Å². The van der Waals surface area contributed by atoms with E-state index in [1.54, 1.807) is 6.92 Å². The van der Waals surface area contributed by atoms with Gasteiger partial charge in [-0.3, -0.25) is 10.2 Å². The Balaban J connectivity index is 2.08. The molecule has 0 radical (unpaired) electrons. The van der Waals surface area contributed by atoms with E-state index in [0.29, 0.717) is 11.9 Å². The van der Waals surface area contributed by atoms with Crippen molar-refractivity contribution in [1.82, 2.24) is 4.90 Å². The van der Waals surface area contributed by atoms with Crippen molar-refractivity contribution in [3.8, 4) is 11.5 Å². The molecule has 15 heteroatoms. The number of sulfone groups is 1. The summed E-state index contributed by atoms with van der Waals surface area (Å²) in [5.74, 6) is -1.42. The lowest BCUT2D eigenvalue weighted by Gasteiger charge is -2.25. The van der Waals surface area contributed by atoms with E-state index in [2.05, 4.69) is 9.39 Å². The van der Waals surface area contributed by atoms with Crippen LogP contribution in [-0.4, -0.2) is 61.9 Å². The monoisotopic (exact) mass is 534 g/mol. The lowest BCUT2D eigenvalue weighted by molar-refractivity contribution is -0.114. The third-order valence-corrected chi connectivity index (χ3v) is 7.84. The van der Waals surface area contributed by atoms with Crippen molar-refractivity contribution in [3.63, 3.8) is 0 Å². The van der Waals surface area contributed by atoms with Crippen LogP contribution in [0.1, 0.15) is 26.3 Å². The van der Waals surface area contributed by atoms with E-state index in [1.807, 2.05) is 0 Å². The third kappa shape index (κ3) is 5.08. The van der Waals surface area contributed by atoms with E-state index < -0.39 is 36.9 Å². The Hall–Kier alpha value is -2.42. The molecule has 0 saturated heterocycles. The van der Waals surface area contributed by atoms with E-state index in [9.17, 15) is 21.6 Å². The molecule has 2 aliphatic rings. The molecule has 1 amide bonds. The molecule has 178 valence electrons. The van der Waals surface area contributed by atoms with Crippen LogP contribution in [-0.2, 0) is 24.7 Å².